The summed E-state index contributed by atoms with van der Waals surface area (Å²) in [4.78, 5) is 3.91. The molecule has 0 saturated heterocycles. The topological polar surface area (TPSA) is 45.7 Å². The van der Waals surface area contributed by atoms with Crippen molar-refractivity contribution < 1.29 is 13.5 Å². The molecule has 1 fully saturated rings. The van der Waals surface area contributed by atoms with Crippen molar-refractivity contribution in [3.05, 3.63) is 29.8 Å². The summed E-state index contributed by atoms with van der Waals surface area (Å²) in [6.07, 6.45) is 0.0765. The molecule has 0 atom stereocenters. The summed E-state index contributed by atoms with van der Waals surface area (Å²) in [5.74, 6) is 1.87. The van der Waals surface area contributed by atoms with Gasteiger partial charge in [0.15, 0.2) is 5.96 Å². The van der Waals surface area contributed by atoms with Crippen molar-refractivity contribution in [3.8, 4) is 5.75 Å². The number of nitrogens with one attached hydrogen (secondary N) is 2. The van der Waals surface area contributed by atoms with Crippen molar-refractivity contribution in [2.24, 2.45) is 10.9 Å². The van der Waals surface area contributed by atoms with Crippen LogP contribution in [-0.2, 0) is 6.54 Å². The van der Waals surface area contributed by atoms with Crippen LogP contribution in [0.15, 0.2) is 29.3 Å². The molecule has 0 bridgehead atoms. The average Bonchev–Trinajstić information content (AvgIpc) is 3.30. The molecule has 22 heavy (non-hydrogen) atoms. The minimum atomic E-state index is -2.40. The van der Waals surface area contributed by atoms with Gasteiger partial charge >= 0.3 is 0 Å². The van der Waals surface area contributed by atoms with Gasteiger partial charge in [0.2, 0.25) is 0 Å². The summed E-state index contributed by atoms with van der Waals surface area (Å²) >= 11 is 0. The number of rotatable bonds is 7. The van der Waals surface area contributed by atoms with Gasteiger partial charge in [-0.1, -0.05) is 18.2 Å². The Kier molecular flexibility index (Phi) is 8.44. The lowest BCUT2D eigenvalue weighted by molar-refractivity contribution is 0.152. The number of halogens is 3. The van der Waals surface area contributed by atoms with Crippen LogP contribution >= 0.6 is 24.0 Å². The molecule has 0 aromatic heterocycles. The fourth-order valence-electron chi connectivity index (χ4n) is 1.86. The molecule has 2 N–H and O–H groups in total. The maximum atomic E-state index is 12.2. The molecule has 0 amide bonds. The second-order valence-electron chi connectivity index (χ2n) is 5.06. The highest BCUT2D eigenvalue weighted by molar-refractivity contribution is 14.0. The maximum Gasteiger partial charge on any atom is 0.255 e. The lowest BCUT2D eigenvalue weighted by Crippen LogP contribution is -2.39. The van der Waals surface area contributed by atoms with Crippen LogP contribution in [0.5, 0.6) is 5.75 Å². The van der Waals surface area contributed by atoms with Crippen LogP contribution in [0.2, 0.25) is 0 Å². The Morgan fingerprint density at radius 3 is 2.68 bits per heavy atom. The van der Waals surface area contributed by atoms with E-state index in [-0.39, 0.29) is 24.0 Å². The number of ether oxygens (including phenoxy) is 1. The van der Waals surface area contributed by atoms with E-state index in [2.05, 4.69) is 15.6 Å². The van der Waals surface area contributed by atoms with E-state index in [0.717, 1.165) is 17.9 Å². The second kappa shape index (κ2) is 9.81. The van der Waals surface area contributed by atoms with Crippen LogP contribution < -0.4 is 15.4 Å². The van der Waals surface area contributed by atoms with E-state index in [0.29, 0.717) is 18.4 Å². The number of hydrogen-bond donors (Lipinski definition) is 2. The number of nitrogens with zero attached hydrogens (tertiary/aromatic N) is 1. The van der Waals surface area contributed by atoms with Crippen LogP contribution in [0.25, 0.3) is 0 Å². The minimum absolute atomic E-state index is 0. The third kappa shape index (κ3) is 6.76. The Balaban J connectivity index is 0.00000242. The van der Waals surface area contributed by atoms with E-state index in [9.17, 15) is 8.78 Å². The Labute approximate surface area is 146 Å². The van der Waals surface area contributed by atoms with Gasteiger partial charge < -0.3 is 15.4 Å². The van der Waals surface area contributed by atoms with Crippen molar-refractivity contribution in [1.82, 2.24) is 10.6 Å². The molecule has 0 spiro atoms. The zero-order valence-corrected chi connectivity index (χ0v) is 14.8. The summed E-state index contributed by atoms with van der Waals surface area (Å²) in [6, 6.07) is 7.73. The van der Waals surface area contributed by atoms with E-state index >= 15 is 0 Å². The second-order valence-corrected chi connectivity index (χ2v) is 5.06. The Morgan fingerprint density at radius 1 is 1.32 bits per heavy atom. The van der Waals surface area contributed by atoms with E-state index in [1.165, 1.54) is 12.8 Å². The van der Waals surface area contributed by atoms with Gasteiger partial charge in [-0.2, -0.15) is 0 Å². The smallest absolute Gasteiger partial charge is 0.255 e. The van der Waals surface area contributed by atoms with Gasteiger partial charge in [-0.05, 0) is 24.8 Å². The van der Waals surface area contributed by atoms with Crippen molar-refractivity contribution in [3.63, 3.8) is 0 Å². The lowest BCUT2D eigenvalue weighted by atomic mass is 10.2. The number of benzene rings is 1. The molecule has 1 aliphatic carbocycles. The van der Waals surface area contributed by atoms with Crippen LogP contribution in [0, 0.1) is 5.92 Å². The predicted molar refractivity (Wildman–Crippen MR) is 94.3 cm³/mol. The van der Waals surface area contributed by atoms with Crippen LogP contribution in [0.4, 0.5) is 8.78 Å². The van der Waals surface area contributed by atoms with Gasteiger partial charge in [0.05, 0.1) is 13.2 Å². The largest absolute Gasteiger partial charge is 0.493 e. The van der Waals surface area contributed by atoms with Gasteiger partial charge in [-0.15, -0.1) is 24.0 Å². The number of hydrogen-bond acceptors (Lipinski definition) is 2. The van der Waals surface area contributed by atoms with Gasteiger partial charge in [-0.3, -0.25) is 4.99 Å². The molecule has 0 aliphatic heterocycles. The highest BCUT2D eigenvalue weighted by atomic mass is 127. The van der Waals surface area contributed by atoms with Crippen LogP contribution in [-0.4, -0.2) is 32.6 Å². The summed E-state index contributed by atoms with van der Waals surface area (Å²) in [5, 5.41) is 5.58. The highest BCUT2D eigenvalue weighted by Gasteiger charge is 2.22. The third-order valence-electron chi connectivity index (χ3n) is 3.24. The molecule has 124 valence electrons. The van der Waals surface area contributed by atoms with Gasteiger partial charge in [0.25, 0.3) is 6.43 Å². The number of para-hydroxylation sites is 1. The first-order chi connectivity index (χ1) is 10.2. The Morgan fingerprint density at radius 2 is 2.05 bits per heavy atom. The molecule has 1 aromatic rings. The first kappa shape index (κ1) is 18.9. The molecule has 7 heteroatoms. The lowest BCUT2D eigenvalue weighted by Gasteiger charge is -2.14. The van der Waals surface area contributed by atoms with E-state index in [4.69, 9.17) is 4.74 Å². The Hall–Kier alpha value is -1.12. The molecule has 0 radical (unpaired) electrons. The molecule has 0 heterocycles. The summed E-state index contributed by atoms with van der Waals surface area (Å²) in [6.45, 7) is 0.804. The standard InChI is InChI=1S/C15H21F2N3O.HI/c1-18-15(20-9-14(16)17)19-8-12-4-2-3-5-13(12)21-10-11-6-7-11;/h2-5,11,14H,6-10H2,1H3,(H2,18,19,20);1H. The summed E-state index contributed by atoms with van der Waals surface area (Å²) in [5.41, 5.74) is 0.984. The average molecular weight is 425 g/mol. The molecular formula is C15H22F2IN3O. The molecule has 1 aromatic carbocycles. The number of aliphatic imine (C=N–C) groups is 1. The molecular weight excluding hydrogens is 403 g/mol. The first-order valence-corrected chi connectivity index (χ1v) is 7.12. The monoisotopic (exact) mass is 425 g/mol. The van der Waals surface area contributed by atoms with E-state index in [1.54, 1.807) is 7.05 Å². The van der Waals surface area contributed by atoms with E-state index in [1.807, 2.05) is 24.3 Å². The molecule has 1 saturated carbocycles. The zero-order chi connectivity index (χ0) is 15.1. The minimum Gasteiger partial charge on any atom is -0.493 e. The summed E-state index contributed by atoms with van der Waals surface area (Å²) in [7, 11) is 1.55. The highest BCUT2D eigenvalue weighted by Crippen LogP contribution is 2.30. The molecule has 2 rings (SSSR count). The van der Waals surface area contributed by atoms with Crippen molar-refractivity contribution in [1.29, 1.82) is 0 Å². The normalized spacial score (nSPS) is 14.5. The molecule has 4 nitrogen and oxygen atoms in total. The fourth-order valence-corrected chi connectivity index (χ4v) is 1.86. The van der Waals surface area contributed by atoms with E-state index < -0.39 is 13.0 Å². The van der Waals surface area contributed by atoms with Gasteiger partial charge in [0, 0.05) is 19.2 Å². The Bertz CT molecular complexity index is 482. The summed E-state index contributed by atoms with van der Waals surface area (Å²) < 4.78 is 30.2. The quantitative estimate of drug-likeness (QED) is 0.401. The SMILES string of the molecule is CN=C(NCc1ccccc1OCC1CC1)NCC(F)F.I. The number of alkyl halides is 2. The molecule has 1 aliphatic rings. The van der Waals surface area contributed by atoms with Gasteiger partial charge in [0.1, 0.15) is 5.75 Å². The maximum absolute atomic E-state index is 12.2. The predicted octanol–water partition coefficient (Wildman–Crippen LogP) is 3.02. The zero-order valence-electron chi connectivity index (χ0n) is 12.5. The first-order valence-electron chi connectivity index (χ1n) is 7.12. The van der Waals surface area contributed by atoms with Crippen LogP contribution in [0.3, 0.4) is 0 Å². The van der Waals surface area contributed by atoms with Crippen molar-refractivity contribution >= 4 is 29.9 Å². The third-order valence-corrected chi connectivity index (χ3v) is 3.24. The van der Waals surface area contributed by atoms with Crippen LogP contribution in [0.1, 0.15) is 18.4 Å². The van der Waals surface area contributed by atoms with Gasteiger partial charge in [-0.25, -0.2) is 8.78 Å². The van der Waals surface area contributed by atoms with Crippen molar-refractivity contribution in [2.75, 3.05) is 20.2 Å². The molecule has 0 unspecified atom stereocenters. The number of guanidine groups is 1. The fraction of sp³-hybridized carbons (Fsp3) is 0.533. The van der Waals surface area contributed by atoms with Crippen molar-refractivity contribution in [2.45, 2.75) is 25.8 Å².